The standard InChI is InChI=1S/C18H17NO5/c20-16(10-11-17(21)22)14-8-4-5-9-15(14)19-18(23)24-12-13-6-2-1-3-7-13/h1-9H,10-12H2,(H,19,23)(H,21,22). The summed E-state index contributed by atoms with van der Waals surface area (Å²) in [5.74, 6) is -1.40. The molecule has 0 bridgehead atoms. The number of nitrogens with one attached hydrogen (secondary N) is 1. The van der Waals surface area contributed by atoms with E-state index in [1.54, 1.807) is 18.2 Å². The van der Waals surface area contributed by atoms with Gasteiger partial charge in [-0.3, -0.25) is 14.9 Å². The fraction of sp³-hybridized carbons (Fsp3) is 0.167. The van der Waals surface area contributed by atoms with Gasteiger partial charge in [-0.15, -0.1) is 0 Å². The first-order chi connectivity index (χ1) is 11.6. The van der Waals surface area contributed by atoms with Crippen molar-refractivity contribution < 1.29 is 24.2 Å². The Hall–Kier alpha value is -3.15. The molecule has 6 heteroatoms. The number of anilines is 1. The van der Waals surface area contributed by atoms with Crippen LogP contribution in [0.2, 0.25) is 0 Å². The molecule has 0 aliphatic rings. The largest absolute Gasteiger partial charge is 0.481 e. The number of carboxylic acids is 1. The lowest BCUT2D eigenvalue weighted by Gasteiger charge is -2.10. The van der Waals surface area contributed by atoms with Gasteiger partial charge in [0.05, 0.1) is 12.1 Å². The third kappa shape index (κ3) is 5.24. The van der Waals surface area contributed by atoms with Crippen molar-refractivity contribution in [3.8, 4) is 0 Å². The lowest BCUT2D eigenvalue weighted by molar-refractivity contribution is -0.136. The lowest BCUT2D eigenvalue weighted by Crippen LogP contribution is -2.16. The highest BCUT2D eigenvalue weighted by molar-refractivity contribution is 6.04. The summed E-state index contributed by atoms with van der Waals surface area (Å²) in [6.07, 6.45) is -1.07. The Kier molecular flexibility index (Phi) is 6.08. The van der Waals surface area contributed by atoms with Gasteiger partial charge in [-0.05, 0) is 17.7 Å². The van der Waals surface area contributed by atoms with Crippen molar-refractivity contribution in [1.82, 2.24) is 0 Å². The summed E-state index contributed by atoms with van der Waals surface area (Å²) in [7, 11) is 0. The summed E-state index contributed by atoms with van der Waals surface area (Å²) < 4.78 is 5.11. The fourth-order valence-electron chi connectivity index (χ4n) is 2.06. The van der Waals surface area contributed by atoms with Gasteiger partial charge in [-0.25, -0.2) is 4.79 Å². The van der Waals surface area contributed by atoms with Crippen LogP contribution in [-0.2, 0) is 16.1 Å². The van der Waals surface area contributed by atoms with Crippen molar-refractivity contribution in [1.29, 1.82) is 0 Å². The molecule has 0 aliphatic carbocycles. The van der Waals surface area contributed by atoms with E-state index in [-0.39, 0.29) is 30.8 Å². The first-order valence-electron chi connectivity index (χ1n) is 7.38. The molecule has 24 heavy (non-hydrogen) atoms. The van der Waals surface area contributed by atoms with Gasteiger partial charge in [-0.2, -0.15) is 0 Å². The third-order valence-electron chi connectivity index (χ3n) is 3.24. The predicted molar refractivity (Wildman–Crippen MR) is 87.9 cm³/mol. The van der Waals surface area contributed by atoms with Crippen LogP contribution in [-0.4, -0.2) is 23.0 Å². The molecule has 0 heterocycles. The number of amides is 1. The SMILES string of the molecule is O=C(O)CCC(=O)c1ccccc1NC(=O)OCc1ccccc1. The van der Waals surface area contributed by atoms with Crippen molar-refractivity contribution in [2.45, 2.75) is 19.4 Å². The maximum Gasteiger partial charge on any atom is 0.411 e. The van der Waals surface area contributed by atoms with Gasteiger partial charge in [0, 0.05) is 12.0 Å². The lowest BCUT2D eigenvalue weighted by atomic mass is 10.0. The molecule has 2 rings (SSSR count). The molecule has 2 aromatic carbocycles. The number of carbonyl (C=O) groups is 3. The summed E-state index contributed by atoms with van der Waals surface area (Å²) in [5.41, 5.74) is 1.40. The van der Waals surface area contributed by atoms with Crippen LogP contribution in [0.15, 0.2) is 54.6 Å². The summed E-state index contributed by atoms with van der Waals surface area (Å²) in [5, 5.41) is 11.2. The Bertz CT molecular complexity index is 727. The molecule has 0 radical (unpaired) electrons. The summed E-state index contributed by atoms with van der Waals surface area (Å²) >= 11 is 0. The first kappa shape index (κ1) is 17.2. The number of carboxylic acid groups (broad SMARTS) is 1. The molecule has 2 aromatic rings. The topological polar surface area (TPSA) is 92.7 Å². The van der Waals surface area contributed by atoms with Crippen molar-refractivity contribution in [2.24, 2.45) is 0 Å². The van der Waals surface area contributed by atoms with E-state index in [4.69, 9.17) is 9.84 Å². The van der Waals surface area contributed by atoms with E-state index in [0.717, 1.165) is 5.56 Å². The summed E-state index contributed by atoms with van der Waals surface area (Å²) in [6.45, 7) is 0.113. The predicted octanol–water partition coefficient (Wildman–Crippen LogP) is 3.48. The van der Waals surface area contributed by atoms with E-state index < -0.39 is 12.1 Å². The van der Waals surface area contributed by atoms with E-state index in [0.29, 0.717) is 5.69 Å². The zero-order chi connectivity index (χ0) is 17.4. The Morgan fingerprint density at radius 2 is 1.58 bits per heavy atom. The zero-order valence-corrected chi connectivity index (χ0v) is 12.9. The van der Waals surface area contributed by atoms with Crippen LogP contribution in [0, 0.1) is 0 Å². The molecule has 1 amide bonds. The van der Waals surface area contributed by atoms with Crippen LogP contribution >= 0.6 is 0 Å². The van der Waals surface area contributed by atoms with Gasteiger partial charge in [0.1, 0.15) is 6.61 Å². The molecule has 6 nitrogen and oxygen atoms in total. The molecule has 2 N–H and O–H groups in total. The minimum Gasteiger partial charge on any atom is -0.481 e. The minimum atomic E-state index is -1.05. The van der Waals surface area contributed by atoms with E-state index in [1.165, 1.54) is 6.07 Å². The van der Waals surface area contributed by atoms with E-state index in [1.807, 2.05) is 30.3 Å². The highest BCUT2D eigenvalue weighted by Crippen LogP contribution is 2.18. The van der Waals surface area contributed by atoms with Crippen molar-refractivity contribution >= 4 is 23.5 Å². The molecule has 0 spiro atoms. The van der Waals surface area contributed by atoms with Crippen molar-refractivity contribution in [3.05, 3.63) is 65.7 Å². The smallest absolute Gasteiger partial charge is 0.411 e. The maximum absolute atomic E-state index is 12.1. The van der Waals surface area contributed by atoms with E-state index in [2.05, 4.69) is 5.32 Å². The van der Waals surface area contributed by atoms with Gasteiger partial charge in [0.15, 0.2) is 5.78 Å². The van der Waals surface area contributed by atoms with Crippen LogP contribution in [0.1, 0.15) is 28.8 Å². The number of para-hydroxylation sites is 1. The number of hydrogen-bond acceptors (Lipinski definition) is 4. The molecular formula is C18H17NO5. The molecule has 0 saturated heterocycles. The number of carbonyl (C=O) groups excluding carboxylic acids is 2. The number of hydrogen-bond donors (Lipinski definition) is 2. The molecule has 0 unspecified atom stereocenters. The zero-order valence-electron chi connectivity index (χ0n) is 12.9. The van der Waals surface area contributed by atoms with Crippen molar-refractivity contribution in [2.75, 3.05) is 5.32 Å². The number of ketones is 1. The Balaban J connectivity index is 1.97. The minimum absolute atomic E-state index is 0.113. The van der Waals surface area contributed by atoms with Gasteiger partial charge < -0.3 is 9.84 Å². The maximum atomic E-state index is 12.1. The second-order valence-electron chi connectivity index (χ2n) is 5.05. The molecule has 0 atom stereocenters. The van der Waals surface area contributed by atoms with Gasteiger partial charge in [0.25, 0.3) is 0 Å². The molecule has 0 fully saturated rings. The number of aliphatic carboxylic acids is 1. The average Bonchev–Trinajstić information content (AvgIpc) is 2.59. The molecule has 0 aliphatic heterocycles. The monoisotopic (exact) mass is 327 g/mol. The fourth-order valence-corrected chi connectivity index (χ4v) is 2.06. The second-order valence-corrected chi connectivity index (χ2v) is 5.05. The molecule has 0 aromatic heterocycles. The molecule has 124 valence electrons. The van der Waals surface area contributed by atoms with Crippen LogP contribution in [0.4, 0.5) is 10.5 Å². The van der Waals surface area contributed by atoms with Crippen LogP contribution in [0.5, 0.6) is 0 Å². The average molecular weight is 327 g/mol. The Morgan fingerprint density at radius 1 is 0.917 bits per heavy atom. The Morgan fingerprint density at radius 3 is 2.29 bits per heavy atom. The quantitative estimate of drug-likeness (QED) is 0.759. The second kappa shape index (κ2) is 8.47. The first-order valence-corrected chi connectivity index (χ1v) is 7.38. The van der Waals surface area contributed by atoms with Crippen LogP contribution < -0.4 is 5.32 Å². The highest BCUT2D eigenvalue weighted by atomic mass is 16.5. The van der Waals surface area contributed by atoms with Gasteiger partial charge >= 0.3 is 12.1 Å². The molecule has 0 saturated carbocycles. The summed E-state index contributed by atoms with van der Waals surface area (Å²) in [4.78, 5) is 34.5. The van der Waals surface area contributed by atoms with E-state index in [9.17, 15) is 14.4 Å². The van der Waals surface area contributed by atoms with Crippen molar-refractivity contribution in [3.63, 3.8) is 0 Å². The summed E-state index contributed by atoms with van der Waals surface area (Å²) in [6, 6.07) is 15.6. The number of ether oxygens (including phenoxy) is 1. The van der Waals surface area contributed by atoms with Gasteiger partial charge in [0.2, 0.25) is 0 Å². The normalized spacial score (nSPS) is 10.0. The van der Waals surface area contributed by atoms with Crippen LogP contribution in [0.3, 0.4) is 0 Å². The number of benzene rings is 2. The highest BCUT2D eigenvalue weighted by Gasteiger charge is 2.14. The van der Waals surface area contributed by atoms with Gasteiger partial charge in [-0.1, -0.05) is 42.5 Å². The number of Topliss-reactive ketones (excluding diaryl/α,β-unsaturated/α-hetero) is 1. The molecular weight excluding hydrogens is 310 g/mol. The number of rotatable bonds is 7. The van der Waals surface area contributed by atoms with Crippen LogP contribution in [0.25, 0.3) is 0 Å². The third-order valence-corrected chi connectivity index (χ3v) is 3.24. The van der Waals surface area contributed by atoms with E-state index >= 15 is 0 Å². The Labute approximate surface area is 139 Å².